The van der Waals surface area contributed by atoms with E-state index in [2.05, 4.69) is 49.9 Å². The second-order valence-electron chi connectivity index (χ2n) is 7.63. The fourth-order valence-corrected chi connectivity index (χ4v) is 3.88. The zero-order chi connectivity index (χ0) is 18.7. The Hall–Kier alpha value is -1.78. The van der Waals surface area contributed by atoms with Gasteiger partial charge in [0.2, 0.25) is 0 Å². The molecule has 27 heavy (non-hydrogen) atoms. The van der Waals surface area contributed by atoms with Gasteiger partial charge in [0.05, 0.1) is 5.56 Å². The summed E-state index contributed by atoms with van der Waals surface area (Å²) in [7, 11) is 0. The number of aryl methyl sites for hydroxylation is 3. The molecule has 3 rings (SSSR count). The Morgan fingerprint density at radius 2 is 1.89 bits per heavy atom. The molecule has 2 heterocycles. The van der Waals surface area contributed by atoms with E-state index < -0.39 is 0 Å². The topological polar surface area (TPSA) is 36.7 Å². The summed E-state index contributed by atoms with van der Waals surface area (Å²) in [5.74, 6) is 0.865. The van der Waals surface area contributed by atoms with E-state index in [0.29, 0.717) is 11.6 Å². The van der Waals surface area contributed by atoms with Crippen LogP contribution in [0.3, 0.4) is 0 Å². The average molecular weight is 391 g/mol. The molecule has 1 amide bonds. The van der Waals surface area contributed by atoms with Crippen molar-refractivity contribution in [1.29, 1.82) is 0 Å². The molecule has 0 bridgehead atoms. The summed E-state index contributed by atoms with van der Waals surface area (Å²) in [6.45, 7) is 11.2. The lowest BCUT2D eigenvalue weighted by Crippen LogP contribution is -2.58. The number of nitrogens with zero attached hydrogens (tertiary/aromatic N) is 2. The first-order chi connectivity index (χ1) is 12.5. The van der Waals surface area contributed by atoms with Crippen LogP contribution in [0.15, 0.2) is 41.0 Å². The van der Waals surface area contributed by atoms with Crippen molar-refractivity contribution in [2.75, 3.05) is 19.6 Å². The van der Waals surface area contributed by atoms with Gasteiger partial charge in [-0.2, -0.15) is 0 Å². The summed E-state index contributed by atoms with van der Waals surface area (Å²) in [4.78, 5) is 17.3. The van der Waals surface area contributed by atoms with Crippen molar-refractivity contribution >= 4 is 18.3 Å². The van der Waals surface area contributed by atoms with Crippen LogP contribution in [0.5, 0.6) is 0 Å². The van der Waals surface area contributed by atoms with Crippen LogP contribution in [0.2, 0.25) is 0 Å². The number of hydrogen-bond acceptors (Lipinski definition) is 3. The fourth-order valence-electron chi connectivity index (χ4n) is 3.88. The summed E-state index contributed by atoms with van der Waals surface area (Å²) < 4.78 is 5.31. The lowest BCUT2D eigenvalue weighted by molar-refractivity contribution is 0.0314. The first kappa shape index (κ1) is 21.5. The van der Waals surface area contributed by atoms with Crippen LogP contribution < -0.4 is 0 Å². The van der Waals surface area contributed by atoms with E-state index in [1.165, 1.54) is 11.1 Å². The van der Waals surface area contributed by atoms with E-state index in [-0.39, 0.29) is 24.4 Å². The molecule has 1 fully saturated rings. The van der Waals surface area contributed by atoms with Gasteiger partial charge in [0.1, 0.15) is 12.0 Å². The first-order valence-corrected chi connectivity index (χ1v) is 9.60. The van der Waals surface area contributed by atoms with E-state index in [0.717, 1.165) is 38.2 Å². The zero-order valence-electron chi connectivity index (χ0n) is 16.8. The van der Waals surface area contributed by atoms with Crippen LogP contribution in [0, 0.1) is 13.8 Å². The van der Waals surface area contributed by atoms with Crippen LogP contribution in [0.4, 0.5) is 0 Å². The number of carbonyl (C=O) groups is 1. The summed E-state index contributed by atoms with van der Waals surface area (Å²) in [5.41, 5.74) is 3.48. The van der Waals surface area contributed by atoms with Crippen molar-refractivity contribution in [3.05, 3.63) is 59.0 Å². The van der Waals surface area contributed by atoms with Crippen molar-refractivity contribution < 1.29 is 9.21 Å². The molecule has 0 unspecified atom stereocenters. The molecule has 0 saturated carbocycles. The fraction of sp³-hybridized carbons (Fsp3) is 0.500. The third kappa shape index (κ3) is 5.14. The number of hydrogen-bond donors (Lipinski definition) is 0. The maximum absolute atomic E-state index is 12.8. The van der Waals surface area contributed by atoms with E-state index in [4.69, 9.17) is 4.42 Å². The molecule has 1 aliphatic heterocycles. The zero-order valence-corrected chi connectivity index (χ0v) is 17.6. The molecule has 148 valence electrons. The van der Waals surface area contributed by atoms with E-state index in [9.17, 15) is 4.79 Å². The largest absolute Gasteiger partial charge is 0.469 e. The lowest BCUT2D eigenvalue weighted by Gasteiger charge is -2.44. The SMILES string of the molecule is Cc1cc(C(=O)N2C[C@@H](C)N(CCCc3ccccc3C)C[C@@H]2C)co1.Cl. The molecule has 1 aromatic heterocycles. The highest BCUT2D eigenvalue weighted by atomic mass is 35.5. The molecule has 4 nitrogen and oxygen atoms in total. The highest BCUT2D eigenvalue weighted by molar-refractivity contribution is 5.94. The summed E-state index contributed by atoms with van der Waals surface area (Å²) in [6.07, 6.45) is 3.83. The third-order valence-electron chi connectivity index (χ3n) is 5.51. The molecule has 2 aromatic rings. The Morgan fingerprint density at radius 3 is 2.56 bits per heavy atom. The molecule has 1 aliphatic rings. The molecule has 0 radical (unpaired) electrons. The second kappa shape index (κ2) is 9.43. The molecular formula is C22H31ClN2O2. The number of rotatable bonds is 5. The Labute approximate surface area is 168 Å². The Kier molecular flexibility index (Phi) is 7.51. The monoisotopic (exact) mass is 390 g/mol. The molecule has 2 atom stereocenters. The van der Waals surface area contributed by atoms with Crippen LogP contribution >= 0.6 is 12.4 Å². The van der Waals surface area contributed by atoms with Crippen molar-refractivity contribution in [3.8, 4) is 0 Å². The maximum atomic E-state index is 12.8. The molecule has 1 saturated heterocycles. The predicted octanol–water partition coefficient (Wildman–Crippen LogP) is 4.49. The third-order valence-corrected chi connectivity index (χ3v) is 5.51. The number of benzene rings is 1. The minimum atomic E-state index is 0. The quantitative estimate of drug-likeness (QED) is 0.754. The molecule has 1 aromatic carbocycles. The van der Waals surface area contributed by atoms with Gasteiger partial charge in [-0.3, -0.25) is 9.69 Å². The van der Waals surface area contributed by atoms with Crippen LogP contribution in [0.1, 0.15) is 47.5 Å². The van der Waals surface area contributed by atoms with E-state index in [1.54, 1.807) is 6.26 Å². The van der Waals surface area contributed by atoms with Gasteiger partial charge in [-0.05, 0) is 64.3 Å². The van der Waals surface area contributed by atoms with Crippen LogP contribution in [0.25, 0.3) is 0 Å². The number of piperazine rings is 1. The predicted molar refractivity (Wildman–Crippen MR) is 112 cm³/mol. The highest BCUT2D eigenvalue weighted by Crippen LogP contribution is 2.20. The first-order valence-electron chi connectivity index (χ1n) is 9.60. The smallest absolute Gasteiger partial charge is 0.257 e. The summed E-state index contributed by atoms with van der Waals surface area (Å²) in [6, 6.07) is 11.0. The molecule has 0 N–H and O–H groups in total. The van der Waals surface area contributed by atoms with Crippen LogP contribution in [-0.4, -0.2) is 47.4 Å². The average Bonchev–Trinajstić information content (AvgIpc) is 3.05. The maximum Gasteiger partial charge on any atom is 0.257 e. The number of furan rings is 1. The number of amides is 1. The van der Waals surface area contributed by atoms with Crippen LogP contribution in [-0.2, 0) is 6.42 Å². The van der Waals surface area contributed by atoms with Gasteiger partial charge in [0.25, 0.3) is 5.91 Å². The minimum Gasteiger partial charge on any atom is -0.469 e. The Balaban J connectivity index is 0.00000261. The highest BCUT2D eigenvalue weighted by Gasteiger charge is 2.32. The molecular weight excluding hydrogens is 360 g/mol. The molecule has 5 heteroatoms. The Morgan fingerprint density at radius 1 is 1.15 bits per heavy atom. The van der Waals surface area contributed by atoms with E-state index >= 15 is 0 Å². The molecule has 0 spiro atoms. The standard InChI is InChI=1S/C22H30N2O2.ClH/c1-16-8-5-6-9-20(16)10-7-11-23-13-18(3)24(14-17(23)2)22(25)21-12-19(4)26-15-21;/h5-6,8-9,12,15,17-18H,7,10-11,13-14H2,1-4H3;1H/t17-,18+;/m1./s1. The van der Waals surface area contributed by atoms with E-state index in [1.807, 2.05) is 17.9 Å². The van der Waals surface area contributed by atoms with Gasteiger partial charge in [-0.1, -0.05) is 24.3 Å². The van der Waals surface area contributed by atoms with Gasteiger partial charge in [-0.25, -0.2) is 0 Å². The summed E-state index contributed by atoms with van der Waals surface area (Å²) in [5, 5.41) is 0. The van der Waals surface area contributed by atoms with Gasteiger partial charge in [0.15, 0.2) is 0 Å². The summed E-state index contributed by atoms with van der Waals surface area (Å²) >= 11 is 0. The van der Waals surface area contributed by atoms with Crippen molar-refractivity contribution in [2.24, 2.45) is 0 Å². The van der Waals surface area contributed by atoms with Gasteiger partial charge in [0, 0.05) is 25.2 Å². The lowest BCUT2D eigenvalue weighted by atomic mass is 10.0. The van der Waals surface area contributed by atoms with Crippen molar-refractivity contribution in [3.63, 3.8) is 0 Å². The molecule has 0 aliphatic carbocycles. The minimum absolute atomic E-state index is 0. The van der Waals surface area contributed by atoms with Gasteiger partial charge >= 0.3 is 0 Å². The van der Waals surface area contributed by atoms with Gasteiger partial charge < -0.3 is 9.32 Å². The second-order valence-corrected chi connectivity index (χ2v) is 7.63. The van der Waals surface area contributed by atoms with Crippen molar-refractivity contribution in [2.45, 2.75) is 52.6 Å². The van der Waals surface area contributed by atoms with Gasteiger partial charge in [-0.15, -0.1) is 12.4 Å². The normalized spacial score (nSPS) is 20.4. The Bertz CT molecular complexity index is 758. The van der Waals surface area contributed by atoms with Crippen molar-refractivity contribution in [1.82, 2.24) is 9.80 Å². The number of halogens is 1. The number of carbonyl (C=O) groups excluding carboxylic acids is 1.